The van der Waals surface area contributed by atoms with Crippen LogP contribution in [0.1, 0.15) is 29.3 Å². The molecule has 0 aliphatic carbocycles. The van der Waals surface area contributed by atoms with Gasteiger partial charge in [-0.15, -0.1) is 0 Å². The molecular formula is C10H12O3. The van der Waals surface area contributed by atoms with E-state index in [0.29, 0.717) is 18.3 Å². The minimum absolute atomic E-state index is 0.0463. The fourth-order valence-electron chi connectivity index (χ4n) is 1.24. The molecule has 0 spiro atoms. The molecule has 0 fully saturated rings. The second kappa shape index (κ2) is 3.94. The Morgan fingerprint density at radius 2 is 2.08 bits per heavy atom. The molecule has 0 unspecified atom stereocenters. The van der Waals surface area contributed by atoms with Gasteiger partial charge in [0.1, 0.15) is 11.5 Å². The molecule has 0 amide bonds. The van der Waals surface area contributed by atoms with Gasteiger partial charge < -0.3 is 10.2 Å². The van der Waals surface area contributed by atoms with Crippen LogP contribution in [-0.4, -0.2) is 16.5 Å². The third-order valence-corrected chi connectivity index (χ3v) is 1.92. The van der Waals surface area contributed by atoms with Crippen molar-refractivity contribution in [1.82, 2.24) is 0 Å². The van der Waals surface area contributed by atoms with Crippen molar-refractivity contribution in [3.05, 3.63) is 23.3 Å². The first-order valence-electron chi connectivity index (χ1n) is 4.19. The lowest BCUT2D eigenvalue weighted by Crippen LogP contribution is -1.90. The Morgan fingerprint density at radius 3 is 2.62 bits per heavy atom. The van der Waals surface area contributed by atoms with Crippen LogP contribution in [0, 0.1) is 0 Å². The molecule has 70 valence electrons. The van der Waals surface area contributed by atoms with E-state index in [9.17, 15) is 15.0 Å². The SMILES string of the molecule is CCCc1c(O)ccc(C=O)c1O. The smallest absolute Gasteiger partial charge is 0.153 e. The van der Waals surface area contributed by atoms with Crippen molar-refractivity contribution in [3.63, 3.8) is 0 Å². The van der Waals surface area contributed by atoms with Crippen LogP contribution < -0.4 is 0 Å². The predicted octanol–water partition coefficient (Wildman–Crippen LogP) is 1.86. The van der Waals surface area contributed by atoms with Crippen molar-refractivity contribution < 1.29 is 15.0 Å². The summed E-state index contributed by atoms with van der Waals surface area (Å²) in [6, 6.07) is 2.82. The minimum atomic E-state index is -0.100. The van der Waals surface area contributed by atoms with Crippen LogP contribution in [0.4, 0.5) is 0 Å². The van der Waals surface area contributed by atoms with E-state index >= 15 is 0 Å². The summed E-state index contributed by atoms with van der Waals surface area (Å²) >= 11 is 0. The second-order valence-electron chi connectivity index (χ2n) is 2.87. The lowest BCUT2D eigenvalue weighted by atomic mass is 10.0. The molecule has 13 heavy (non-hydrogen) atoms. The van der Waals surface area contributed by atoms with Crippen molar-refractivity contribution in [2.45, 2.75) is 19.8 Å². The zero-order chi connectivity index (χ0) is 9.84. The van der Waals surface area contributed by atoms with Gasteiger partial charge in [-0.1, -0.05) is 13.3 Å². The van der Waals surface area contributed by atoms with Gasteiger partial charge in [-0.05, 0) is 18.6 Å². The van der Waals surface area contributed by atoms with Gasteiger partial charge in [-0.2, -0.15) is 0 Å². The Hall–Kier alpha value is -1.51. The summed E-state index contributed by atoms with van der Waals surface area (Å²) in [6.07, 6.45) is 1.96. The fourth-order valence-corrected chi connectivity index (χ4v) is 1.24. The van der Waals surface area contributed by atoms with Crippen LogP contribution >= 0.6 is 0 Å². The number of benzene rings is 1. The molecule has 3 heteroatoms. The van der Waals surface area contributed by atoms with Gasteiger partial charge >= 0.3 is 0 Å². The number of rotatable bonds is 3. The van der Waals surface area contributed by atoms with Gasteiger partial charge in [-0.3, -0.25) is 4.79 Å². The topological polar surface area (TPSA) is 57.5 Å². The molecule has 0 bridgehead atoms. The minimum Gasteiger partial charge on any atom is -0.508 e. The molecule has 3 nitrogen and oxygen atoms in total. The molecule has 2 N–H and O–H groups in total. The van der Waals surface area contributed by atoms with E-state index in [1.807, 2.05) is 6.92 Å². The summed E-state index contributed by atoms with van der Waals surface area (Å²) in [4.78, 5) is 10.5. The van der Waals surface area contributed by atoms with Crippen LogP contribution in [0.2, 0.25) is 0 Å². The van der Waals surface area contributed by atoms with E-state index < -0.39 is 0 Å². The zero-order valence-corrected chi connectivity index (χ0v) is 7.45. The van der Waals surface area contributed by atoms with Gasteiger partial charge in [0.15, 0.2) is 6.29 Å². The maximum Gasteiger partial charge on any atom is 0.153 e. The first kappa shape index (κ1) is 9.58. The first-order chi connectivity index (χ1) is 6.20. The fraction of sp³-hybridized carbons (Fsp3) is 0.300. The Labute approximate surface area is 76.6 Å². The van der Waals surface area contributed by atoms with Crippen LogP contribution in [-0.2, 0) is 6.42 Å². The Morgan fingerprint density at radius 1 is 1.38 bits per heavy atom. The average molecular weight is 180 g/mol. The van der Waals surface area contributed by atoms with Crippen molar-refractivity contribution in [2.24, 2.45) is 0 Å². The summed E-state index contributed by atoms with van der Waals surface area (Å²) in [5, 5.41) is 18.9. The molecule has 0 atom stereocenters. The largest absolute Gasteiger partial charge is 0.508 e. The molecule has 1 rings (SSSR count). The molecule has 0 aliphatic rings. The number of hydrogen-bond donors (Lipinski definition) is 2. The molecule has 1 aromatic rings. The number of carbonyl (C=O) groups excluding carboxylic acids is 1. The van der Waals surface area contributed by atoms with Crippen molar-refractivity contribution >= 4 is 6.29 Å². The molecule has 0 heterocycles. The highest BCUT2D eigenvalue weighted by molar-refractivity contribution is 5.80. The highest BCUT2D eigenvalue weighted by Crippen LogP contribution is 2.30. The highest BCUT2D eigenvalue weighted by atomic mass is 16.3. The van der Waals surface area contributed by atoms with E-state index in [0.717, 1.165) is 6.42 Å². The van der Waals surface area contributed by atoms with E-state index in [2.05, 4.69) is 0 Å². The lowest BCUT2D eigenvalue weighted by molar-refractivity contribution is 0.112. The van der Waals surface area contributed by atoms with Gasteiger partial charge in [-0.25, -0.2) is 0 Å². The molecule has 0 aliphatic heterocycles. The van der Waals surface area contributed by atoms with Crippen molar-refractivity contribution in [2.75, 3.05) is 0 Å². The number of aldehydes is 1. The summed E-state index contributed by atoms with van der Waals surface area (Å²) in [7, 11) is 0. The van der Waals surface area contributed by atoms with E-state index in [1.165, 1.54) is 12.1 Å². The molecule has 0 aromatic heterocycles. The predicted molar refractivity (Wildman–Crippen MR) is 49.2 cm³/mol. The maximum atomic E-state index is 10.5. The zero-order valence-electron chi connectivity index (χ0n) is 7.45. The van der Waals surface area contributed by atoms with Crippen molar-refractivity contribution in [1.29, 1.82) is 0 Å². The average Bonchev–Trinajstić information content (AvgIpc) is 2.12. The standard InChI is InChI=1S/C10H12O3/c1-2-3-8-9(12)5-4-7(6-11)10(8)13/h4-6,12-13H,2-3H2,1H3. The second-order valence-corrected chi connectivity index (χ2v) is 2.87. The molecule has 0 saturated heterocycles. The lowest BCUT2D eigenvalue weighted by Gasteiger charge is -2.07. The van der Waals surface area contributed by atoms with E-state index in [1.54, 1.807) is 0 Å². The highest BCUT2D eigenvalue weighted by Gasteiger charge is 2.10. The normalized spacial score (nSPS) is 9.92. The number of hydrogen-bond acceptors (Lipinski definition) is 3. The number of carbonyl (C=O) groups is 1. The summed E-state index contributed by atoms with van der Waals surface area (Å²) in [6.45, 7) is 1.94. The van der Waals surface area contributed by atoms with Crippen LogP contribution in [0.15, 0.2) is 12.1 Å². The number of aromatic hydroxyl groups is 2. The molecule has 0 radical (unpaired) electrons. The third-order valence-electron chi connectivity index (χ3n) is 1.92. The van der Waals surface area contributed by atoms with Crippen LogP contribution in [0.3, 0.4) is 0 Å². The molecular weight excluding hydrogens is 168 g/mol. The summed E-state index contributed by atoms with van der Waals surface area (Å²) in [5.74, 6) is -0.0539. The van der Waals surface area contributed by atoms with Crippen LogP contribution in [0.5, 0.6) is 11.5 Å². The van der Waals surface area contributed by atoms with E-state index in [4.69, 9.17) is 0 Å². The maximum absolute atomic E-state index is 10.5. The van der Waals surface area contributed by atoms with Gasteiger partial charge in [0.25, 0.3) is 0 Å². The summed E-state index contributed by atoms with van der Waals surface area (Å²) < 4.78 is 0. The number of phenolic OH excluding ortho intramolecular Hbond substituents is 2. The van der Waals surface area contributed by atoms with Crippen LogP contribution in [0.25, 0.3) is 0 Å². The van der Waals surface area contributed by atoms with Crippen molar-refractivity contribution in [3.8, 4) is 11.5 Å². The Bertz CT molecular complexity index is 318. The Kier molecular flexibility index (Phi) is 2.90. The third kappa shape index (κ3) is 1.80. The van der Waals surface area contributed by atoms with Gasteiger partial charge in [0, 0.05) is 5.56 Å². The molecule has 1 aromatic carbocycles. The number of phenols is 2. The van der Waals surface area contributed by atoms with Gasteiger partial charge in [0.2, 0.25) is 0 Å². The van der Waals surface area contributed by atoms with Gasteiger partial charge in [0.05, 0.1) is 5.56 Å². The molecule has 0 saturated carbocycles. The summed E-state index contributed by atoms with van der Waals surface area (Å²) in [5.41, 5.74) is 0.674. The quantitative estimate of drug-likeness (QED) is 0.698. The van der Waals surface area contributed by atoms with E-state index in [-0.39, 0.29) is 17.1 Å². The Balaban J connectivity index is 3.21. The first-order valence-corrected chi connectivity index (χ1v) is 4.19. The monoisotopic (exact) mass is 180 g/mol.